The lowest BCUT2D eigenvalue weighted by Gasteiger charge is -2.33. The third-order valence-electron chi connectivity index (χ3n) is 5.28. The maximum absolute atomic E-state index is 11.5. The van der Waals surface area contributed by atoms with Gasteiger partial charge >= 0.3 is 5.97 Å². The lowest BCUT2D eigenvalue weighted by Crippen LogP contribution is -2.41. The van der Waals surface area contributed by atoms with Crippen molar-refractivity contribution in [2.24, 2.45) is 0 Å². The van der Waals surface area contributed by atoms with Gasteiger partial charge in [-0.15, -0.1) is 0 Å². The van der Waals surface area contributed by atoms with E-state index >= 15 is 0 Å². The van der Waals surface area contributed by atoms with Crippen molar-refractivity contribution in [1.29, 1.82) is 0 Å². The first-order chi connectivity index (χ1) is 14.7. The Morgan fingerprint density at radius 1 is 1.30 bits per heavy atom. The molecule has 0 bridgehead atoms. The number of hydrogen-bond donors (Lipinski definition) is 2. The summed E-state index contributed by atoms with van der Waals surface area (Å²) in [5, 5.41) is 11.9. The Bertz CT molecular complexity index is 987. The molecule has 1 saturated heterocycles. The van der Waals surface area contributed by atoms with E-state index in [2.05, 4.69) is 44.7 Å². The number of nitrogens with zero attached hydrogens (tertiary/aromatic N) is 2. The molecule has 4 rings (SSSR count). The zero-order valence-corrected chi connectivity index (χ0v) is 17.3. The van der Waals surface area contributed by atoms with Gasteiger partial charge in [0.2, 0.25) is 0 Å². The van der Waals surface area contributed by atoms with Crippen LogP contribution in [-0.4, -0.2) is 53.4 Å². The molecule has 0 amide bonds. The molecule has 158 valence electrons. The summed E-state index contributed by atoms with van der Waals surface area (Å²) in [5.74, 6) is 0.349. The zero-order valence-electron chi connectivity index (χ0n) is 17.3. The fourth-order valence-corrected chi connectivity index (χ4v) is 3.92. The molecule has 7 heteroatoms. The molecule has 7 nitrogen and oxygen atoms in total. The van der Waals surface area contributed by atoms with Crippen molar-refractivity contribution >= 4 is 22.6 Å². The van der Waals surface area contributed by atoms with Crippen LogP contribution in [0.5, 0.6) is 5.75 Å². The summed E-state index contributed by atoms with van der Waals surface area (Å²) in [6.07, 6.45) is 4.16. The van der Waals surface area contributed by atoms with Crippen molar-refractivity contribution in [2.45, 2.75) is 32.4 Å². The molecule has 1 aliphatic heterocycles. The molecule has 0 unspecified atom stereocenters. The monoisotopic (exact) mass is 408 g/mol. The van der Waals surface area contributed by atoms with Gasteiger partial charge in [-0.2, -0.15) is 5.10 Å². The third-order valence-corrected chi connectivity index (χ3v) is 5.28. The maximum Gasteiger partial charge on any atom is 0.344 e. The quantitative estimate of drug-likeness (QED) is 0.555. The van der Waals surface area contributed by atoms with Gasteiger partial charge in [0.15, 0.2) is 6.61 Å². The Kier molecular flexibility index (Phi) is 6.49. The van der Waals surface area contributed by atoms with Gasteiger partial charge in [-0.3, -0.25) is 10.00 Å². The largest absolute Gasteiger partial charge is 0.482 e. The Morgan fingerprint density at radius 3 is 3.13 bits per heavy atom. The Balaban J connectivity index is 1.32. The Hall–Kier alpha value is -3.06. The predicted molar refractivity (Wildman–Crippen MR) is 117 cm³/mol. The number of carbonyl (C=O) groups excluding carboxylic acids is 1. The third kappa shape index (κ3) is 5.30. The van der Waals surface area contributed by atoms with E-state index in [1.54, 1.807) is 6.92 Å². The molecule has 3 aromatic rings. The van der Waals surface area contributed by atoms with Crippen molar-refractivity contribution in [2.75, 3.05) is 31.6 Å². The number of anilines is 1. The Labute approximate surface area is 176 Å². The molecular formula is C23H28N4O3. The van der Waals surface area contributed by atoms with Gasteiger partial charge in [-0.05, 0) is 62.2 Å². The number of piperidine rings is 1. The summed E-state index contributed by atoms with van der Waals surface area (Å²) < 4.78 is 10.5. The van der Waals surface area contributed by atoms with Gasteiger partial charge in [0.25, 0.3) is 0 Å². The predicted octanol–water partition coefficient (Wildman–Crippen LogP) is 3.58. The number of benzene rings is 2. The molecule has 2 heterocycles. The van der Waals surface area contributed by atoms with Gasteiger partial charge in [-0.25, -0.2) is 4.79 Å². The van der Waals surface area contributed by atoms with Gasteiger partial charge in [0.1, 0.15) is 5.75 Å². The highest BCUT2D eigenvalue weighted by molar-refractivity contribution is 5.81. The van der Waals surface area contributed by atoms with Crippen molar-refractivity contribution in [3.8, 4) is 5.75 Å². The van der Waals surface area contributed by atoms with Crippen LogP contribution in [0.1, 0.15) is 25.3 Å². The number of ether oxygens (including phenoxy) is 2. The first-order valence-electron chi connectivity index (χ1n) is 10.5. The van der Waals surface area contributed by atoms with Crippen LogP contribution < -0.4 is 10.1 Å². The number of aromatic nitrogens is 2. The van der Waals surface area contributed by atoms with Gasteiger partial charge in [0, 0.05) is 30.2 Å². The van der Waals surface area contributed by atoms with Crippen LogP contribution in [0.2, 0.25) is 0 Å². The van der Waals surface area contributed by atoms with E-state index in [4.69, 9.17) is 9.47 Å². The van der Waals surface area contributed by atoms with Gasteiger partial charge in [0.05, 0.1) is 18.3 Å². The Morgan fingerprint density at radius 2 is 2.23 bits per heavy atom. The van der Waals surface area contributed by atoms with Gasteiger partial charge < -0.3 is 14.8 Å². The molecule has 1 atom stereocenters. The van der Waals surface area contributed by atoms with Crippen LogP contribution >= 0.6 is 0 Å². The summed E-state index contributed by atoms with van der Waals surface area (Å²) >= 11 is 0. The number of esters is 1. The van der Waals surface area contributed by atoms with Crippen molar-refractivity contribution in [1.82, 2.24) is 15.1 Å². The summed E-state index contributed by atoms with van der Waals surface area (Å²) in [7, 11) is 0. The van der Waals surface area contributed by atoms with Crippen LogP contribution in [0.4, 0.5) is 5.69 Å². The van der Waals surface area contributed by atoms with Crippen LogP contribution in [0.3, 0.4) is 0 Å². The van der Waals surface area contributed by atoms with Crippen LogP contribution in [0.25, 0.3) is 10.9 Å². The number of rotatable bonds is 8. The highest BCUT2D eigenvalue weighted by Gasteiger charge is 2.20. The van der Waals surface area contributed by atoms with E-state index in [0.717, 1.165) is 49.1 Å². The van der Waals surface area contributed by atoms with E-state index in [-0.39, 0.29) is 12.6 Å². The minimum absolute atomic E-state index is 0.0615. The average molecular weight is 409 g/mol. The molecule has 0 spiro atoms. The molecule has 1 fully saturated rings. The highest BCUT2D eigenvalue weighted by atomic mass is 16.6. The number of carbonyl (C=O) groups is 1. The van der Waals surface area contributed by atoms with E-state index in [9.17, 15) is 4.79 Å². The minimum Gasteiger partial charge on any atom is -0.482 e. The van der Waals surface area contributed by atoms with Crippen LogP contribution in [0.15, 0.2) is 48.7 Å². The molecule has 30 heavy (non-hydrogen) atoms. The fraction of sp³-hybridized carbons (Fsp3) is 0.391. The maximum atomic E-state index is 11.5. The molecule has 0 saturated carbocycles. The van der Waals surface area contributed by atoms with E-state index in [0.29, 0.717) is 18.4 Å². The number of aromatic amines is 1. The normalized spacial score (nSPS) is 17.0. The number of fused-ring (bicyclic) bond motifs is 1. The summed E-state index contributed by atoms with van der Waals surface area (Å²) in [5.41, 5.74) is 3.36. The van der Waals surface area contributed by atoms with Crippen molar-refractivity contribution in [3.05, 3.63) is 54.2 Å². The number of H-pyrrole nitrogens is 1. The SMILES string of the molecule is CCOC(=O)COc1cccc(CN2CCC[C@@H](Nc3ccc4[nH]ncc4c3)C2)c1. The first kappa shape index (κ1) is 20.2. The standard InChI is InChI=1S/C23H28N4O3/c1-2-29-23(28)16-30-21-7-3-5-17(11-21)14-27-10-4-6-20(15-27)25-19-8-9-22-18(12-19)13-24-26-22/h3,5,7-9,11-13,20,25H,2,4,6,10,14-16H2,1H3,(H,24,26)/t20-/m1/s1. The molecule has 1 aliphatic rings. The van der Waals surface area contributed by atoms with E-state index < -0.39 is 0 Å². The lowest BCUT2D eigenvalue weighted by molar-refractivity contribution is -0.145. The zero-order chi connectivity index (χ0) is 20.8. The summed E-state index contributed by atoms with van der Waals surface area (Å²) in [4.78, 5) is 14.0. The number of hydrogen-bond acceptors (Lipinski definition) is 6. The highest BCUT2D eigenvalue weighted by Crippen LogP contribution is 2.22. The summed E-state index contributed by atoms with van der Waals surface area (Å²) in [6.45, 7) is 5.01. The van der Waals surface area contributed by atoms with Gasteiger partial charge in [-0.1, -0.05) is 12.1 Å². The average Bonchev–Trinajstić information content (AvgIpc) is 3.21. The molecule has 0 aliphatic carbocycles. The molecule has 1 aromatic heterocycles. The second kappa shape index (κ2) is 9.63. The topological polar surface area (TPSA) is 79.5 Å². The fourth-order valence-electron chi connectivity index (χ4n) is 3.92. The second-order valence-electron chi connectivity index (χ2n) is 7.63. The number of likely N-dealkylation sites (tertiary alicyclic amines) is 1. The second-order valence-corrected chi connectivity index (χ2v) is 7.63. The van der Waals surface area contributed by atoms with Crippen LogP contribution in [-0.2, 0) is 16.1 Å². The minimum atomic E-state index is -0.346. The lowest BCUT2D eigenvalue weighted by atomic mass is 10.0. The van der Waals surface area contributed by atoms with Crippen molar-refractivity contribution in [3.63, 3.8) is 0 Å². The molecular weight excluding hydrogens is 380 g/mol. The van der Waals surface area contributed by atoms with E-state index in [1.165, 1.54) is 5.56 Å². The first-order valence-corrected chi connectivity index (χ1v) is 10.5. The van der Waals surface area contributed by atoms with Crippen molar-refractivity contribution < 1.29 is 14.3 Å². The smallest absolute Gasteiger partial charge is 0.344 e. The summed E-state index contributed by atoms with van der Waals surface area (Å²) in [6, 6.07) is 14.7. The molecule has 2 N–H and O–H groups in total. The molecule has 2 aromatic carbocycles. The number of nitrogens with one attached hydrogen (secondary N) is 2. The molecule has 0 radical (unpaired) electrons. The van der Waals surface area contributed by atoms with Crippen LogP contribution in [0, 0.1) is 0 Å². The van der Waals surface area contributed by atoms with E-state index in [1.807, 2.05) is 24.4 Å².